The average Bonchev–Trinajstić information content (AvgIpc) is 3.28. The highest BCUT2D eigenvalue weighted by molar-refractivity contribution is 5.69. The lowest BCUT2D eigenvalue weighted by atomic mass is 9.78. The quantitative estimate of drug-likeness (QED) is 0.621. The summed E-state index contributed by atoms with van der Waals surface area (Å²) in [6.07, 6.45) is 10.9. The lowest BCUT2D eigenvalue weighted by Crippen LogP contribution is -2.41. The van der Waals surface area contributed by atoms with Crippen LogP contribution in [0.2, 0.25) is 0 Å². The van der Waals surface area contributed by atoms with E-state index in [-0.39, 0.29) is 5.97 Å². The van der Waals surface area contributed by atoms with Crippen molar-refractivity contribution >= 4 is 11.7 Å². The molecule has 2 saturated heterocycles. The largest absolute Gasteiger partial charge is 0.464 e. The standard InChI is InChI=1S/C25H38N2O2/c28-25(20-21-6-4-5-7-21)29-19-18-26-14-10-22(11-15-26)23-12-16-27(17-13-23)24-8-2-1-3-9-24/h1-3,8-9,21-23H,4-7,10-20H2. The lowest BCUT2D eigenvalue weighted by Gasteiger charge is -2.40. The Bertz CT molecular complexity index is 613. The van der Waals surface area contributed by atoms with Crippen LogP contribution < -0.4 is 4.90 Å². The maximum atomic E-state index is 12.0. The number of hydrogen-bond donors (Lipinski definition) is 0. The molecule has 0 spiro atoms. The Hall–Kier alpha value is -1.55. The molecular weight excluding hydrogens is 360 g/mol. The number of rotatable bonds is 7. The molecule has 0 unspecified atom stereocenters. The van der Waals surface area contributed by atoms with Crippen molar-refractivity contribution in [1.29, 1.82) is 0 Å². The van der Waals surface area contributed by atoms with E-state index in [0.717, 1.165) is 18.4 Å². The van der Waals surface area contributed by atoms with E-state index in [1.807, 2.05) is 0 Å². The van der Waals surface area contributed by atoms with Gasteiger partial charge in [-0.15, -0.1) is 0 Å². The Kier molecular flexibility index (Phi) is 7.48. The molecule has 2 aliphatic heterocycles. The van der Waals surface area contributed by atoms with Gasteiger partial charge in [0.05, 0.1) is 0 Å². The smallest absolute Gasteiger partial charge is 0.306 e. The third kappa shape index (κ3) is 5.97. The first kappa shape index (κ1) is 20.7. The number of ether oxygens (including phenoxy) is 1. The summed E-state index contributed by atoms with van der Waals surface area (Å²) in [5, 5.41) is 0. The molecule has 0 aromatic heterocycles. The second kappa shape index (κ2) is 10.5. The Balaban J connectivity index is 1.10. The molecule has 0 amide bonds. The van der Waals surface area contributed by atoms with Crippen molar-refractivity contribution in [3.63, 3.8) is 0 Å². The van der Waals surface area contributed by atoms with Gasteiger partial charge in [0.2, 0.25) is 0 Å². The van der Waals surface area contributed by atoms with Crippen LogP contribution in [0.25, 0.3) is 0 Å². The van der Waals surface area contributed by atoms with Gasteiger partial charge in [-0.25, -0.2) is 0 Å². The van der Waals surface area contributed by atoms with E-state index in [2.05, 4.69) is 40.1 Å². The number of carbonyl (C=O) groups excluding carboxylic acids is 1. The summed E-state index contributed by atoms with van der Waals surface area (Å²) in [6.45, 7) is 6.23. The Labute approximate surface area is 176 Å². The molecule has 4 nitrogen and oxygen atoms in total. The molecule has 0 radical (unpaired) electrons. The molecule has 2 heterocycles. The molecule has 1 aromatic rings. The molecule has 0 N–H and O–H groups in total. The van der Waals surface area contributed by atoms with Gasteiger partial charge < -0.3 is 9.64 Å². The fraction of sp³-hybridized carbons (Fsp3) is 0.720. The highest BCUT2D eigenvalue weighted by atomic mass is 16.5. The first-order valence-corrected chi connectivity index (χ1v) is 12.0. The Morgan fingerprint density at radius 2 is 1.48 bits per heavy atom. The van der Waals surface area contributed by atoms with E-state index < -0.39 is 0 Å². The minimum Gasteiger partial charge on any atom is -0.464 e. The Morgan fingerprint density at radius 1 is 0.862 bits per heavy atom. The second-order valence-corrected chi connectivity index (χ2v) is 9.41. The molecule has 160 valence electrons. The average molecular weight is 399 g/mol. The summed E-state index contributed by atoms with van der Waals surface area (Å²) in [7, 11) is 0. The van der Waals surface area contributed by atoms with Crippen LogP contribution in [0.5, 0.6) is 0 Å². The van der Waals surface area contributed by atoms with Gasteiger partial charge in [0.1, 0.15) is 6.61 Å². The van der Waals surface area contributed by atoms with Crippen LogP contribution in [0.15, 0.2) is 30.3 Å². The lowest BCUT2D eigenvalue weighted by molar-refractivity contribution is -0.145. The van der Waals surface area contributed by atoms with Crippen molar-refractivity contribution in [2.75, 3.05) is 44.2 Å². The zero-order valence-corrected chi connectivity index (χ0v) is 17.9. The molecule has 1 aromatic carbocycles. The first-order valence-electron chi connectivity index (χ1n) is 12.0. The van der Waals surface area contributed by atoms with E-state index in [0.29, 0.717) is 18.9 Å². The molecule has 1 saturated carbocycles. The summed E-state index contributed by atoms with van der Waals surface area (Å²) < 4.78 is 5.52. The second-order valence-electron chi connectivity index (χ2n) is 9.41. The number of carbonyl (C=O) groups is 1. The van der Waals surface area contributed by atoms with Crippen LogP contribution in [-0.4, -0.2) is 50.2 Å². The van der Waals surface area contributed by atoms with Crippen molar-refractivity contribution < 1.29 is 9.53 Å². The number of anilines is 1. The molecule has 4 rings (SSSR count). The monoisotopic (exact) mass is 398 g/mol. The first-order chi connectivity index (χ1) is 14.3. The van der Waals surface area contributed by atoms with E-state index >= 15 is 0 Å². The highest BCUT2D eigenvalue weighted by Crippen LogP contribution is 2.34. The summed E-state index contributed by atoms with van der Waals surface area (Å²) in [6, 6.07) is 10.9. The fourth-order valence-corrected chi connectivity index (χ4v) is 5.71. The van der Waals surface area contributed by atoms with Crippen LogP contribution >= 0.6 is 0 Å². The minimum atomic E-state index is 0.0250. The van der Waals surface area contributed by atoms with Crippen molar-refractivity contribution in [2.45, 2.75) is 57.8 Å². The van der Waals surface area contributed by atoms with Crippen molar-refractivity contribution in [3.8, 4) is 0 Å². The minimum absolute atomic E-state index is 0.0250. The van der Waals surface area contributed by atoms with Crippen LogP contribution in [0.3, 0.4) is 0 Å². The molecular formula is C25H38N2O2. The van der Waals surface area contributed by atoms with Crippen molar-refractivity contribution in [3.05, 3.63) is 30.3 Å². The maximum absolute atomic E-state index is 12.0. The summed E-state index contributed by atoms with van der Waals surface area (Å²) in [5.74, 6) is 2.39. The third-order valence-corrected chi connectivity index (χ3v) is 7.56. The highest BCUT2D eigenvalue weighted by Gasteiger charge is 2.29. The van der Waals surface area contributed by atoms with Crippen LogP contribution in [-0.2, 0) is 9.53 Å². The molecule has 29 heavy (non-hydrogen) atoms. The van der Waals surface area contributed by atoms with Gasteiger partial charge >= 0.3 is 5.97 Å². The van der Waals surface area contributed by atoms with Crippen LogP contribution in [0.4, 0.5) is 5.69 Å². The number of benzene rings is 1. The van der Waals surface area contributed by atoms with Gasteiger partial charge in [-0.05, 0) is 81.5 Å². The van der Waals surface area contributed by atoms with E-state index in [4.69, 9.17) is 4.74 Å². The summed E-state index contributed by atoms with van der Waals surface area (Å²) in [4.78, 5) is 17.0. The van der Waals surface area contributed by atoms with Gasteiger partial charge in [-0.3, -0.25) is 9.69 Å². The van der Waals surface area contributed by atoms with Gasteiger partial charge in [-0.1, -0.05) is 31.0 Å². The molecule has 3 fully saturated rings. The summed E-state index contributed by atoms with van der Waals surface area (Å²) in [5.41, 5.74) is 1.38. The number of para-hydroxylation sites is 1. The summed E-state index contributed by atoms with van der Waals surface area (Å²) >= 11 is 0. The van der Waals surface area contributed by atoms with Gasteiger partial charge in [-0.2, -0.15) is 0 Å². The third-order valence-electron chi connectivity index (χ3n) is 7.56. The molecule has 0 bridgehead atoms. The Morgan fingerprint density at radius 3 is 2.14 bits per heavy atom. The fourth-order valence-electron chi connectivity index (χ4n) is 5.71. The number of piperidine rings is 2. The molecule has 4 heteroatoms. The normalized spacial score (nSPS) is 22.8. The number of nitrogens with zero attached hydrogens (tertiary/aromatic N) is 2. The van der Waals surface area contributed by atoms with E-state index in [1.54, 1.807) is 0 Å². The zero-order valence-electron chi connectivity index (χ0n) is 17.9. The van der Waals surface area contributed by atoms with Gasteiger partial charge in [0.25, 0.3) is 0 Å². The van der Waals surface area contributed by atoms with Crippen molar-refractivity contribution in [1.82, 2.24) is 4.90 Å². The predicted octanol–water partition coefficient (Wildman–Crippen LogP) is 4.74. The maximum Gasteiger partial charge on any atom is 0.306 e. The number of hydrogen-bond acceptors (Lipinski definition) is 4. The predicted molar refractivity (Wildman–Crippen MR) is 118 cm³/mol. The van der Waals surface area contributed by atoms with Crippen molar-refractivity contribution in [2.24, 2.45) is 17.8 Å². The number of esters is 1. The molecule has 0 atom stereocenters. The SMILES string of the molecule is O=C(CC1CCCC1)OCCN1CCC(C2CCN(c3ccccc3)CC2)CC1. The van der Waals surface area contributed by atoms with Crippen LogP contribution in [0, 0.1) is 17.8 Å². The van der Waals surface area contributed by atoms with Gasteiger partial charge in [0.15, 0.2) is 0 Å². The topological polar surface area (TPSA) is 32.8 Å². The zero-order chi connectivity index (χ0) is 19.9. The van der Waals surface area contributed by atoms with Gasteiger partial charge in [0, 0.05) is 31.7 Å². The molecule has 3 aliphatic rings. The number of likely N-dealkylation sites (tertiary alicyclic amines) is 1. The molecule has 1 aliphatic carbocycles. The van der Waals surface area contributed by atoms with E-state index in [9.17, 15) is 4.79 Å². The van der Waals surface area contributed by atoms with E-state index in [1.165, 1.54) is 83.2 Å². The van der Waals surface area contributed by atoms with Crippen LogP contribution in [0.1, 0.15) is 57.8 Å².